The van der Waals surface area contributed by atoms with Crippen molar-refractivity contribution < 1.29 is 32.3 Å². The summed E-state index contributed by atoms with van der Waals surface area (Å²) in [6, 6.07) is 14.7. The summed E-state index contributed by atoms with van der Waals surface area (Å²) in [5, 5.41) is 15.1. The predicted octanol–water partition coefficient (Wildman–Crippen LogP) is 3.96. The smallest absolute Gasteiger partial charge is 0.293 e. The lowest BCUT2D eigenvalue weighted by Crippen LogP contribution is -2.30. The number of nitrogens with zero attached hydrogens (tertiary/aromatic N) is 1. The highest BCUT2D eigenvalue weighted by molar-refractivity contribution is 7.90. The Morgan fingerprint density at radius 3 is 2.30 bits per heavy atom. The fraction of sp³-hybridized carbons (Fsp3) is 0.125. The molecule has 1 amide bonds. The molecule has 0 radical (unpaired) electrons. The number of sulfonamides is 1. The lowest BCUT2D eigenvalue weighted by Gasteiger charge is -2.14. The van der Waals surface area contributed by atoms with Gasteiger partial charge in [-0.05, 0) is 48.5 Å². The van der Waals surface area contributed by atoms with E-state index in [9.17, 15) is 23.3 Å². The topological polar surface area (TPSA) is 162 Å². The molecule has 0 bridgehead atoms. The van der Waals surface area contributed by atoms with Gasteiger partial charge in [-0.1, -0.05) is 6.07 Å². The summed E-state index contributed by atoms with van der Waals surface area (Å²) in [6.45, 7) is 0. The van der Waals surface area contributed by atoms with E-state index >= 15 is 0 Å². The quantitative estimate of drug-likeness (QED) is 0.216. The van der Waals surface area contributed by atoms with Crippen molar-refractivity contribution in [2.75, 3.05) is 26.6 Å². The van der Waals surface area contributed by atoms with Crippen molar-refractivity contribution in [3.63, 3.8) is 0 Å². The van der Waals surface area contributed by atoms with E-state index in [4.69, 9.17) is 14.2 Å². The molecule has 13 heteroatoms. The molecule has 0 fully saturated rings. The van der Waals surface area contributed by atoms with Crippen LogP contribution in [0.2, 0.25) is 0 Å². The highest BCUT2D eigenvalue weighted by Gasteiger charge is 2.24. The van der Waals surface area contributed by atoms with Gasteiger partial charge in [-0.2, -0.15) is 0 Å². The molecular weight excluding hydrogens is 504 g/mol. The third kappa shape index (κ3) is 4.97. The molecule has 3 N–H and O–H groups in total. The molecule has 12 nitrogen and oxygen atoms in total. The summed E-state index contributed by atoms with van der Waals surface area (Å²) in [6.07, 6.45) is 0. The summed E-state index contributed by atoms with van der Waals surface area (Å²) in [5.74, 6) is 0.311. The molecule has 4 rings (SSSR count). The molecule has 0 aliphatic carbocycles. The van der Waals surface area contributed by atoms with E-state index in [2.05, 4.69) is 10.3 Å². The third-order valence-electron chi connectivity index (χ3n) is 5.48. The zero-order chi connectivity index (χ0) is 26.7. The number of rotatable bonds is 9. The number of fused-ring (bicyclic) bond motifs is 1. The number of carbonyl (C=O) groups is 1. The Kier molecular flexibility index (Phi) is 6.89. The number of aromatic amines is 1. The second-order valence-electron chi connectivity index (χ2n) is 7.64. The average molecular weight is 527 g/mol. The third-order valence-corrected chi connectivity index (χ3v) is 6.83. The SMILES string of the molecule is COc1ccc(S(=O)(=O)NC(=O)c2cc3c(Nc4cccc(OC)c4OC)ccc([N+](=O)[O-])c3[nH]2)cc1. The molecule has 0 aliphatic heterocycles. The van der Waals surface area contributed by atoms with Gasteiger partial charge >= 0.3 is 0 Å². The fourth-order valence-corrected chi connectivity index (χ4v) is 4.68. The number of non-ortho nitro benzene ring substituents is 1. The summed E-state index contributed by atoms with van der Waals surface area (Å²) in [4.78, 5) is 26.4. The van der Waals surface area contributed by atoms with Crippen molar-refractivity contribution in [1.29, 1.82) is 0 Å². The largest absolute Gasteiger partial charge is 0.497 e. The Morgan fingerprint density at radius 2 is 1.68 bits per heavy atom. The van der Waals surface area contributed by atoms with E-state index in [-0.39, 0.29) is 27.2 Å². The molecule has 0 unspecified atom stereocenters. The van der Waals surface area contributed by atoms with Crippen molar-refractivity contribution >= 4 is 43.9 Å². The van der Waals surface area contributed by atoms with Gasteiger partial charge in [0, 0.05) is 17.1 Å². The number of ether oxygens (including phenoxy) is 3. The first-order valence-corrected chi connectivity index (χ1v) is 12.2. The summed E-state index contributed by atoms with van der Waals surface area (Å²) >= 11 is 0. The van der Waals surface area contributed by atoms with Gasteiger partial charge in [-0.15, -0.1) is 0 Å². The van der Waals surface area contributed by atoms with Crippen LogP contribution >= 0.6 is 0 Å². The highest BCUT2D eigenvalue weighted by Crippen LogP contribution is 2.39. The van der Waals surface area contributed by atoms with Crippen LogP contribution in [-0.4, -0.2) is 45.6 Å². The summed E-state index contributed by atoms with van der Waals surface area (Å²) < 4.78 is 43.1. The molecule has 1 aromatic heterocycles. The van der Waals surface area contributed by atoms with Gasteiger partial charge in [0.15, 0.2) is 11.5 Å². The maximum absolute atomic E-state index is 12.9. The molecule has 0 spiro atoms. The second kappa shape index (κ2) is 10.1. The van der Waals surface area contributed by atoms with Crippen molar-refractivity contribution in [3.8, 4) is 17.2 Å². The maximum atomic E-state index is 12.9. The lowest BCUT2D eigenvalue weighted by molar-refractivity contribution is -0.383. The molecule has 0 aliphatic rings. The highest BCUT2D eigenvalue weighted by atomic mass is 32.2. The lowest BCUT2D eigenvalue weighted by atomic mass is 10.1. The molecule has 37 heavy (non-hydrogen) atoms. The first-order chi connectivity index (χ1) is 17.7. The Balaban J connectivity index is 1.73. The molecule has 4 aromatic rings. The molecule has 0 saturated carbocycles. The number of hydrogen-bond donors (Lipinski definition) is 3. The van der Waals surface area contributed by atoms with Crippen LogP contribution in [0.15, 0.2) is 65.6 Å². The van der Waals surface area contributed by atoms with Crippen LogP contribution in [0, 0.1) is 10.1 Å². The summed E-state index contributed by atoms with van der Waals surface area (Å²) in [5.41, 5.74) is 0.452. The van der Waals surface area contributed by atoms with Crippen LogP contribution in [0.1, 0.15) is 10.5 Å². The van der Waals surface area contributed by atoms with Crippen LogP contribution in [0.3, 0.4) is 0 Å². The zero-order valence-corrected chi connectivity index (χ0v) is 20.7. The van der Waals surface area contributed by atoms with E-state index in [0.717, 1.165) is 0 Å². The van der Waals surface area contributed by atoms with Crippen LogP contribution in [0.4, 0.5) is 17.1 Å². The Bertz CT molecular complexity index is 1600. The van der Waals surface area contributed by atoms with Crippen LogP contribution in [0.5, 0.6) is 17.2 Å². The fourth-order valence-electron chi connectivity index (χ4n) is 3.71. The molecular formula is C24H22N4O8S. The number of benzene rings is 3. The minimum Gasteiger partial charge on any atom is -0.497 e. The van der Waals surface area contributed by atoms with Crippen molar-refractivity contribution in [2.24, 2.45) is 0 Å². The van der Waals surface area contributed by atoms with Crippen LogP contribution < -0.4 is 24.2 Å². The van der Waals surface area contributed by atoms with Gasteiger partial charge in [0.25, 0.3) is 21.6 Å². The van der Waals surface area contributed by atoms with Crippen LogP contribution in [0.25, 0.3) is 10.9 Å². The molecule has 0 saturated heterocycles. The van der Waals surface area contributed by atoms with Gasteiger partial charge in [0.05, 0.1) is 36.8 Å². The average Bonchev–Trinajstić information content (AvgIpc) is 3.34. The Labute approximate surface area is 211 Å². The van der Waals surface area contributed by atoms with Gasteiger partial charge < -0.3 is 24.5 Å². The van der Waals surface area contributed by atoms with E-state index in [1.807, 2.05) is 4.72 Å². The molecule has 1 heterocycles. The zero-order valence-electron chi connectivity index (χ0n) is 19.9. The first kappa shape index (κ1) is 25.3. The number of para-hydroxylation sites is 1. The van der Waals surface area contributed by atoms with E-state index in [0.29, 0.717) is 28.6 Å². The van der Waals surface area contributed by atoms with Crippen molar-refractivity contribution in [2.45, 2.75) is 4.90 Å². The number of nitro benzene ring substituents is 1. The van der Waals surface area contributed by atoms with Crippen LogP contribution in [-0.2, 0) is 10.0 Å². The number of nitro groups is 1. The first-order valence-electron chi connectivity index (χ1n) is 10.7. The number of nitrogens with one attached hydrogen (secondary N) is 3. The number of aromatic nitrogens is 1. The molecule has 192 valence electrons. The van der Waals surface area contributed by atoms with E-state index in [1.54, 1.807) is 18.2 Å². The van der Waals surface area contributed by atoms with Crippen molar-refractivity contribution in [1.82, 2.24) is 9.71 Å². The minimum absolute atomic E-state index is 0.0314. The van der Waals surface area contributed by atoms with E-state index in [1.165, 1.54) is 63.8 Å². The van der Waals surface area contributed by atoms with Gasteiger partial charge in [0.1, 0.15) is 17.0 Å². The predicted molar refractivity (Wildman–Crippen MR) is 135 cm³/mol. The molecule has 3 aromatic carbocycles. The Hall–Kier alpha value is -4.78. The number of H-pyrrole nitrogens is 1. The number of hydrogen-bond acceptors (Lipinski definition) is 9. The number of amides is 1. The number of methoxy groups -OCH3 is 3. The van der Waals surface area contributed by atoms with E-state index < -0.39 is 20.9 Å². The number of anilines is 2. The second-order valence-corrected chi connectivity index (χ2v) is 9.32. The van der Waals surface area contributed by atoms with Crippen molar-refractivity contribution in [3.05, 3.63) is 76.5 Å². The Morgan fingerprint density at radius 1 is 0.946 bits per heavy atom. The number of carbonyl (C=O) groups excluding carboxylic acids is 1. The van der Waals surface area contributed by atoms with Gasteiger partial charge in [-0.25, -0.2) is 13.1 Å². The maximum Gasteiger partial charge on any atom is 0.293 e. The van der Waals surface area contributed by atoms with Gasteiger partial charge in [-0.3, -0.25) is 14.9 Å². The normalized spacial score (nSPS) is 11.1. The monoisotopic (exact) mass is 526 g/mol. The molecule has 0 atom stereocenters. The standard InChI is InChI=1S/C24H22N4O8S/c1-34-14-7-9-15(10-8-14)37(32,33)27-24(29)19-13-16-17(11-12-20(28(30)31)22(16)26-19)25-18-5-4-6-21(35-2)23(18)36-3/h4-13,25-26H,1-3H3,(H,27,29). The van der Waals surface area contributed by atoms with Gasteiger partial charge in [0.2, 0.25) is 0 Å². The minimum atomic E-state index is -4.23. The summed E-state index contributed by atoms with van der Waals surface area (Å²) in [7, 11) is 0.169.